The first kappa shape index (κ1) is 27.8. The van der Waals surface area contributed by atoms with Gasteiger partial charge in [0.05, 0.1) is 10.7 Å². The quantitative estimate of drug-likeness (QED) is 0.0996. The Morgan fingerprint density at radius 3 is 1.98 bits per heavy atom. The molecule has 10 heteroatoms. The zero-order valence-corrected chi connectivity index (χ0v) is 21.9. The highest BCUT2D eigenvalue weighted by Crippen LogP contribution is 2.21. The number of carbonyl (C=O) groups excluding carboxylic acids is 3. The molecule has 0 heterocycles. The van der Waals surface area contributed by atoms with Gasteiger partial charge in [-0.2, -0.15) is 0 Å². The summed E-state index contributed by atoms with van der Waals surface area (Å²) in [6, 6.07) is 30.1. The van der Waals surface area contributed by atoms with Crippen molar-refractivity contribution in [2.75, 3.05) is 16.4 Å². The zero-order valence-electron chi connectivity index (χ0n) is 21.1. The maximum absolute atomic E-state index is 13.2. The molecule has 0 aliphatic rings. The van der Waals surface area contributed by atoms with Crippen molar-refractivity contribution in [3.05, 3.63) is 136 Å². The lowest BCUT2D eigenvalue weighted by Crippen LogP contribution is -2.30. The van der Waals surface area contributed by atoms with Gasteiger partial charge in [0.1, 0.15) is 5.70 Å². The summed E-state index contributed by atoms with van der Waals surface area (Å²) in [4.78, 5) is 49.4. The fraction of sp³-hybridized carbons (Fsp3) is 0.0333. The summed E-state index contributed by atoms with van der Waals surface area (Å²) in [5.74, 6) is -0.979. The number of nitrogens with one attached hydrogen (secondary N) is 3. The van der Waals surface area contributed by atoms with Crippen LogP contribution < -0.4 is 16.0 Å². The van der Waals surface area contributed by atoms with Gasteiger partial charge in [0, 0.05) is 34.0 Å². The normalized spacial score (nSPS) is 10.8. The van der Waals surface area contributed by atoms with E-state index in [-0.39, 0.29) is 23.0 Å². The largest absolute Gasteiger partial charge is 0.325 e. The maximum Gasteiger partial charge on any atom is 0.272 e. The van der Waals surface area contributed by atoms with Crippen LogP contribution in [-0.4, -0.2) is 28.4 Å². The van der Waals surface area contributed by atoms with Crippen LogP contribution >= 0.6 is 11.8 Å². The van der Waals surface area contributed by atoms with Gasteiger partial charge in [-0.3, -0.25) is 24.5 Å². The van der Waals surface area contributed by atoms with Gasteiger partial charge in [0.15, 0.2) is 0 Å². The van der Waals surface area contributed by atoms with E-state index in [0.717, 1.165) is 10.6 Å². The molecule has 0 aliphatic heterocycles. The minimum atomic E-state index is -0.578. The predicted octanol–water partition coefficient (Wildman–Crippen LogP) is 5.74. The number of para-hydroxylation sites is 1. The molecule has 0 saturated carbocycles. The van der Waals surface area contributed by atoms with Crippen molar-refractivity contribution in [3.63, 3.8) is 0 Å². The van der Waals surface area contributed by atoms with Gasteiger partial charge in [0.25, 0.3) is 17.5 Å². The van der Waals surface area contributed by atoms with E-state index in [1.165, 1.54) is 42.1 Å². The van der Waals surface area contributed by atoms with E-state index in [2.05, 4.69) is 16.0 Å². The van der Waals surface area contributed by atoms with Crippen LogP contribution in [0.4, 0.5) is 17.1 Å². The second-order valence-electron chi connectivity index (χ2n) is 8.41. The predicted molar refractivity (Wildman–Crippen MR) is 156 cm³/mol. The van der Waals surface area contributed by atoms with Crippen LogP contribution in [0.3, 0.4) is 0 Å². The third-order valence-electron chi connectivity index (χ3n) is 5.48. The first-order valence-corrected chi connectivity index (χ1v) is 13.1. The summed E-state index contributed by atoms with van der Waals surface area (Å²) >= 11 is 1.35. The zero-order chi connectivity index (χ0) is 28.3. The second-order valence-corrected chi connectivity index (χ2v) is 9.46. The van der Waals surface area contributed by atoms with Gasteiger partial charge < -0.3 is 16.0 Å². The molecule has 3 amide bonds. The van der Waals surface area contributed by atoms with Gasteiger partial charge in [0.2, 0.25) is 5.91 Å². The van der Waals surface area contributed by atoms with Crippen molar-refractivity contribution in [1.82, 2.24) is 5.32 Å². The van der Waals surface area contributed by atoms with Crippen LogP contribution in [0.2, 0.25) is 0 Å². The minimum Gasteiger partial charge on any atom is -0.325 e. The molecule has 4 aromatic carbocycles. The van der Waals surface area contributed by atoms with Gasteiger partial charge in [-0.15, -0.1) is 11.8 Å². The van der Waals surface area contributed by atoms with Crippen LogP contribution in [0.5, 0.6) is 0 Å². The van der Waals surface area contributed by atoms with Gasteiger partial charge in [-0.05, 0) is 72.3 Å². The summed E-state index contributed by atoms with van der Waals surface area (Å²) in [6.07, 6.45) is 1.44. The van der Waals surface area contributed by atoms with E-state index in [4.69, 9.17) is 0 Å². The fourth-order valence-corrected chi connectivity index (χ4v) is 4.20. The van der Waals surface area contributed by atoms with Gasteiger partial charge >= 0.3 is 0 Å². The molecule has 0 spiro atoms. The van der Waals surface area contributed by atoms with Crippen molar-refractivity contribution < 1.29 is 19.3 Å². The molecule has 0 aliphatic carbocycles. The minimum absolute atomic E-state index is 0.0428. The Morgan fingerprint density at radius 2 is 1.35 bits per heavy atom. The molecule has 200 valence electrons. The fourth-order valence-electron chi connectivity index (χ4n) is 3.50. The molecule has 0 saturated heterocycles. The van der Waals surface area contributed by atoms with E-state index in [1.54, 1.807) is 54.6 Å². The Morgan fingerprint density at radius 1 is 0.750 bits per heavy atom. The van der Waals surface area contributed by atoms with E-state index in [9.17, 15) is 24.5 Å². The lowest BCUT2D eigenvalue weighted by atomic mass is 10.1. The van der Waals surface area contributed by atoms with E-state index >= 15 is 0 Å². The number of non-ortho nitro benzene ring substituents is 1. The third kappa shape index (κ3) is 8.14. The second kappa shape index (κ2) is 13.5. The highest BCUT2D eigenvalue weighted by atomic mass is 32.2. The molecule has 4 aromatic rings. The number of benzene rings is 4. The smallest absolute Gasteiger partial charge is 0.272 e. The first-order valence-electron chi connectivity index (χ1n) is 12.1. The van der Waals surface area contributed by atoms with E-state index in [1.807, 2.05) is 30.3 Å². The van der Waals surface area contributed by atoms with Crippen molar-refractivity contribution in [2.45, 2.75) is 4.90 Å². The number of anilines is 2. The number of rotatable bonds is 10. The number of carbonyl (C=O) groups is 3. The number of hydrogen-bond acceptors (Lipinski definition) is 6. The standard InChI is InChI=1S/C30H24N4O5S/c35-28(31-23-9-5-2-6-10-23)20-40-26-17-13-24(14-18-26)32-30(37)27(33-29(36)22-7-3-1-4-8-22)19-21-11-15-25(16-12-21)34(38)39/h1-19H,20H2,(H,31,35)(H,32,37)(H,33,36)/b27-19-. The number of hydrogen-bond donors (Lipinski definition) is 3. The molecule has 0 fully saturated rings. The average Bonchev–Trinajstić information content (AvgIpc) is 2.97. The summed E-state index contributed by atoms with van der Waals surface area (Å²) in [5, 5.41) is 19.2. The van der Waals surface area contributed by atoms with Crippen molar-refractivity contribution >= 4 is 52.6 Å². The van der Waals surface area contributed by atoms with Crippen LogP contribution in [-0.2, 0) is 9.59 Å². The molecule has 3 N–H and O–H groups in total. The van der Waals surface area contributed by atoms with Crippen LogP contribution in [0.1, 0.15) is 15.9 Å². The number of thioether (sulfide) groups is 1. The average molecular weight is 553 g/mol. The van der Waals surface area contributed by atoms with Crippen molar-refractivity contribution in [2.24, 2.45) is 0 Å². The third-order valence-corrected chi connectivity index (χ3v) is 6.50. The molecule has 0 unspecified atom stereocenters. The van der Waals surface area contributed by atoms with Crippen LogP contribution in [0.15, 0.2) is 120 Å². The molecule has 40 heavy (non-hydrogen) atoms. The van der Waals surface area contributed by atoms with Crippen molar-refractivity contribution in [1.29, 1.82) is 0 Å². The Bertz CT molecular complexity index is 1520. The number of amides is 3. The first-order chi connectivity index (χ1) is 19.4. The molecule has 9 nitrogen and oxygen atoms in total. The highest BCUT2D eigenvalue weighted by Gasteiger charge is 2.16. The van der Waals surface area contributed by atoms with Gasteiger partial charge in [-0.1, -0.05) is 36.4 Å². The summed E-state index contributed by atoms with van der Waals surface area (Å²) in [5.41, 5.74) is 1.92. The Kier molecular flexibility index (Phi) is 9.41. The van der Waals surface area contributed by atoms with Crippen molar-refractivity contribution in [3.8, 4) is 0 Å². The van der Waals surface area contributed by atoms with Crippen LogP contribution in [0, 0.1) is 10.1 Å². The SMILES string of the molecule is O=C(CSc1ccc(NC(=O)/C(=C/c2ccc([N+](=O)[O-])cc2)NC(=O)c2ccccc2)cc1)Nc1ccccc1. The monoisotopic (exact) mass is 552 g/mol. The maximum atomic E-state index is 13.2. The summed E-state index contributed by atoms with van der Waals surface area (Å²) < 4.78 is 0. The molecule has 4 rings (SSSR count). The van der Waals surface area contributed by atoms with E-state index < -0.39 is 16.7 Å². The van der Waals surface area contributed by atoms with E-state index in [0.29, 0.717) is 16.8 Å². The Balaban J connectivity index is 1.43. The Labute approximate surface area is 234 Å². The van der Waals surface area contributed by atoms with Gasteiger partial charge in [-0.25, -0.2) is 0 Å². The topological polar surface area (TPSA) is 130 Å². The number of nitro benzene ring substituents is 1. The number of nitro groups is 1. The Hall–Kier alpha value is -5.22. The number of nitrogens with zero attached hydrogens (tertiary/aromatic N) is 1. The lowest BCUT2D eigenvalue weighted by molar-refractivity contribution is -0.384. The molecule has 0 atom stereocenters. The molecular formula is C30H24N4O5S. The van der Waals surface area contributed by atoms with Crippen LogP contribution in [0.25, 0.3) is 6.08 Å². The molecule has 0 aromatic heterocycles. The molecule has 0 radical (unpaired) electrons. The summed E-state index contributed by atoms with van der Waals surface area (Å²) in [7, 11) is 0. The molecule has 0 bridgehead atoms. The highest BCUT2D eigenvalue weighted by molar-refractivity contribution is 8.00. The lowest BCUT2D eigenvalue weighted by Gasteiger charge is -2.12. The summed E-state index contributed by atoms with van der Waals surface area (Å²) in [6.45, 7) is 0. The molecular weight excluding hydrogens is 528 g/mol.